The number of nitrogens with two attached hydrogens (primary N) is 1. The number of methoxy groups -OCH3 is 1. The smallest absolute Gasteiger partial charge is 0.237 e. The van der Waals surface area contributed by atoms with E-state index in [1.165, 1.54) is 0 Å². The molecule has 0 aromatic heterocycles. The van der Waals surface area contributed by atoms with Crippen LogP contribution in [0.1, 0.15) is 60.9 Å². The first kappa shape index (κ1) is 36.6. The van der Waals surface area contributed by atoms with Crippen molar-refractivity contribution in [2.24, 2.45) is 16.8 Å². The van der Waals surface area contributed by atoms with Crippen molar-refractivity contribution in [3.63, 3.8) is 0 Å². The molecule has 0 bridgehead atoms. The van der Waals surface area contributed by atoms with Gasteiger partial charge in [0.1, 0.15) is 5.75 Å². The lowest BCUT2D eigenvalue weighted by Gasteiger charge is -2.48. The van der Waals surface area contributed by atoms with E-state index in [2.05, 4.69) is 20.7 Å². The van der Waals surface area contributed by atoms with Crippen molar-refractivity contribution in [3.05, 3.63) is 130 Å². The molecule has 264 valence electrons. The summed E-state index contributed by atoms with van der Waals surface area (Å²) in [4.78, 5) is 43.1. The molecule has 1 saturated heterocycles. The van der Waals surface area contributed by atoms with Gasteiger partial charge in [0.25, 0.3) is 0 Å². The number of amides is 3. The lowest BCUT2D eigenvalue weighted by Crippen LogP contribution is -2.55. The van der Waals surface area contributed by atoms with Gasteiger partial charge in [0, 0.05) is 34.9 Å². The largest absolute Gasteiger partial charge is 0.497 e. The summed E-state index contributed by atoms with van der Waals surface area (Å²) in [7, 11) is 1.61. The van der Waals surface area contributed by atoms with Crippen LogP contribution in [0.5, 0.6) is 5.75 Å². The van der Waals surface area contributed by atoms with Crippen LogP contribution < -0.4 is 26.0 Å². The monoisotopic (exact) mass is 689 g/mol. The first-order valence-corrected chi connectivity index (χ1v) is 17.0. The van der Waals surface area contributed by atoms with E-state index in [1.54, 1.807) is 48.4 Å². The highest BCUT2D eigenvalue weighted by Crippen LogP contribution is 2.46. The first-order chi connectivity index (χ1) is 24.8. The number of rotatable bonds is 17. The van der Waals surface area contributed by atoms with E-state index in [9.17, 15) is 19.5 Å². The Labute approximate surface area is 297 Å². The molecule has 12 heteroatoms. The van der Waals surface area contributed by atoms with E-state index in [4.69, 9.17) is 16.0 Å². The Kier molecular flexibility index (Phi) is 12.8. The normalized spacial score (nSPS) is 16.3. The minimum atomic E-state index is -0.724. The number of hydrogen-bond acceptors (Lipinski definition) is 7. The highest BCUT2D eigenvalue weighted by atomic mass is 16.5. The Hall–Kier alpha value is -5.68. The predicted molar refractivity (Wildman–Crippen MR) is 196 cm³/mol. The number of nitrogens with zero attached hydrogens (tertiary/aromatic N) is 4. The molecular weight excluding hydrogens is 646 g/mol. The fraction of sp³-hybridized carbons (Fsp3) is 0.308. The molecule has 4 aromatic rings. The van der Waals surface area contributed by atoms with Crippen molar-refractivity contribution in [2.45, 2.75) is 56.7 Å². The van der Waals surface area contributed by atoms with Crippen LogP contribution in [0.15, 0.2) is 108 Å². The molecule has 51 heavy (non-hydrogen) atoms. The Bertz CT molecular complexity index is 1810. The molecule has 0 saturated carbocycles. The number of azide groups is 1. The molecule has 4 atom stereocenters. The molecule has 12 nitrogen and oxygen atoms in total. The van der Waals surface area contributed by atoms with Crippen molar-refractivity contribution in [1.29, 1.82) is 0 Å². The van der Waals surface area contributed by atoms with E-state index in [0.29, 0.717) is 50.0 Å². The summed E-state index contributed by atoms with van der Waals surface area (Å²) in [6, 6.07) is 30.3. The topological polar surface area (TPSA) is 183 Å². The van der Waals surface area contributed by atoms with Gasteiger partial charge >= 0.3 is 0 Å². The van der Waals surface area contributed by atoms with E-state index in [0.717, 1.165) is 28.1 Å². The number of anilines is 2. The van der Waals surface area contributed by atoms with E-state index in [-0.39, 0.29) is 36.1 Å². The van der Waals surface area contributed by atoms with Gasteiger partial charge in [0.2, 0.25) is 17.7 Å². The third-order valence-corrected chi connectivity index (χ3v) is 9.05. The van der Waals surface area contributed by atoms with E-state index < -0.39 is 12.1 Å². The van der Waals surface area contributed by atoms with Gasteiger partial charge in [-0.25, -0.2) is 0 Å². The predicted octanol–water partition coefficient (Wildman–Crippen LogP) is 6.65. The van der Waals surface area contributed by atoms with Crippen LogP contribution in [0.2, 0.25) is 0 Å². The van der Waals surface area contributed by atoms with Crippen molar-refractivity contribution in [2.75, 3.05) is 23.9 Å². The number of carbonyl (C=O) groups excluding carboxylic acids is 3. The van der Waals surface area contributed by atoms with Crippen LogP contribution in [-0.2, 0) is 20.8 Å². The van der Waals surface area contributed by atoms with Crippen LogP contribution >= 0.6 is 0 Å². The summed E-state index contributed by atoms with van der Waals surface area (Å²) in [5, 5.41) is 20.0. The summed E-state index contributed by atoms with van der Waals surface area (Å²) < 4.78 is 5.33. The van der Waals surface area contributed by atoms with Gasteiger partial charge in [-0.15, -0.1) is 0 Å². The lowest BCUT2D eigenvalue weighted by atomic mass is 9.78. The van der Waals surface area contributed by atoms with Gasteiger partial charge in [0.05, 0.1) is 31.2 Å². The molecule has 1 fully saturated rings. The number of aliphatic hydroxyl groups is 1. The molecule has 5 N–H and O–H groups in total. The first-order valence-electron chi connectivity index (χ1n) is 17.0. The zero-order valence-electron chi connectivity index (χ0n) is 28.5. The zero-order chi connectivity index (χ0) is 36.2. The Morgan fingerprint density at radius 2 is 1.69 bits per heavy atom. The summed E-state index contributed by atoms with van der Waals surface area (Å²) in [5.74, 6) is -0.000267. The van der Waals surface area contributed by atoms with E-state index >= 15 is 0 Å². The van der Waals surface area contributed by atoms with Gasteiger partial charge in [-0.05, 0) is 90.7 Å². The molecule has 5 rings (SSSR count). The van der Waals surface area contributed by atoms with Gasteiger partial charge in [-0.1, -0.05) is 71.8 Å². The number of unbranched alkanes of at least 4 members (excludes halogenated alkanes) is 1. The van der Waals surface area contributed by atoms with Gasteiger partial charge in [0.15, 0.2) is 0 Å². The van der Waals surface area contributed by atoms with Gasteiger partial charge in [-0.3, -0.25) is 14.4 Å². The van der Waals surface area contributed by atoms with Crippen LogP contribution in [0.3, 0.4) is 0 Å². The molecule has 3 amide bonds. The molecule has 3 unspecified atom stereocenters. The quantitative estimate of drug-likeness (QED) is 0.0316. The molecule has 1 heterocycles. The highest BCUT2D eigenvalue weighted by molar-refractivity contribution is 6.03. The number of hydrogen-bond donors (Lipinski definition) is 4. The van der Waals surface area contributed by atoms with Crippen LogP contribution in [-0.4, -0.2) is 42.5 Å². The van der Waals surface area contributed by atoms with Crippen LogP contribution in [0.4, 0.5) is 17.1 Å². The van der Waals surface area contributed by atoms with Crippen molar-refractivity contribution < 1.29 is 24.2 Å². The van der Waals surface area contributed by atoms with Crippen molar-refractivity contribution >= 4 is 34.8 Å². The standard InChI is InChI=1S/C39H43N7O5/c1-51-32-20-12-28(13-21-32)37-33(22-23-35(47)27-7-3-2-4-8-27)39(50)46(37)31-18-16-29(17-19-31)43-36(48)9-5-6-24-42-38(49)34(40)25-26-10-14-30(15-11-26)44-45-41/h2-4,7-8,10-21,33-35,37,47H,5-6,9,22-25,40H2,1H3,(H,42,49)(H,43,48)/t33?,34?,35-,37?/m0/s1. The third kappa shape index (κ3) is 9.73. The maximum absolute atomic E-state index is 13.5. The third-order valence-electron chi connectivity index (χ3n) is 9.05. The van der Waals surface area contributed by atoms with Crippen LogP contribution in [0.25, 0.3) is 10.4 Å². The summed E-state index contributed by atoms with van der Waals surface area (Å²) in [5.41, 5.74) is 19.1. The number of β-lactam (4-membered cyclic amide) rings is 1. The number of nitrogens with one attached hydrogen (secondary N) is 2. The second kappa shape index (κ2) is 17.8. The SMILES string of the molecule is COc1ccc(C2C(CC[C@H](O)c3ccccc3)C(=O)N2c2ccc(NC(=O)CCCCNC(=O)C(N)Cc3ccc(N=[N+]=[N-])cc3)cc2)cc1. The average molecular weight is 690 g/mol. The van der Waals surface area contributed by atoms with Gasteiger partial charge in [-0.2, -0.15) is 0 Å². The summed E-state index contributed by atoms with van der Waals surface area (Å²) >= 11 is 0. The lowest BCUT2D eigenvalue weighted by molar-refractivity contribution is -0.131. The molecule has 1 aliphatic heterocycles. The van der Waals surface area contributed by atoms with Crippen molar-refractivity contribution in [1.82, 2.24) is 5.32 Å². The molecule has 1 aliphatic rings. The minimum Gasteiger partial charge on any atom is -0.497 e. The van der Waals surface area contributed by atoms with E-state index in [1.807, 2.05) is 66.7 Å². The molecule has 0 aliphatic carbocycles. The molecule has 0 spiro atoms. The Morgan fingerprint density at radius 1 is 0.980 bits per heavy atom. The van der Waals surface area contributed by atoms with Crippen molar-refractivity contribution in [3.8, 4) is 5.75 Å². The maximum Gasteiger partial charge on any atom is 0.237 e. The zero-order valence-corrected chi connectivity index (χ0v) is 28.5. The number of aliphatic hydroxyl groups excluding tert-OH is 1. The number of ether oxygens (including phenoxy) is 1. The minimum absolute atomic E-state index is 0.0122. The molecular formula is C39H43N7O5. The Balaban J connectivity index is 1.09. The Morgan fingerprint density at radius 3 is 2.35 bits per heavy atom. The maximum atomic E-state index is 13.5. The number of carbonyl (C=O) groups is 3. The molecule has 0 radical (unpaired) electrons. The fourth-order valence-electron chi connectivity index (χ4n) is 6.26. The summed E-state index contributed by atoms with van der Waals surface area (Å²) in [6.07, 6.45) is 2.15. The summed E-state index contributed by atoms with van der Waals surface area (Å²) in [6.45, 7) is 0.399. The average Bonchev–Trinajstić information content (AvgIpc) is 3.15. The van der Waals surface area contributed by atoms with Gasteiger partial charge < -0.3 is 31.1 Å². The second-order valence-electron chi connectivity index (χ2n) is 12.5. The highest BCUT2D eigenvalue weighted by Gasteiger charge is 2.48. The van der Waals surface area contributed by atoms with Crippen LogP contribution in [0, 0.1) is 5.92 Å². The second-order valence-corrected chi connectivity index (χ2v) is 12.5. The molecule has 4 aromatic carbocycles. The fourth-order valence-corrected chi connectivity index (χ4v) is 6.26. The number of benzene rings is 4.